The maximum atomic E-state index is 3.61. The number of hydrogen-bond acceptors (Lipinski definition) is 2. The molecule has 0 amide bonds. The van der Waals surface area contributed by atoms with Gasteiger partial charge < -0.3 is 5.32 Å². The average Bonchev–Trinajstić information content (AvgIpc) is 3.32. The van der Waals surface area contributed by atoms with E-state index in [9.17, 15) is 0 Å². The minimum Gasteiger partial charge on any atom is -0.312 e. The van der Waals surface area contributed by atoms with Crippen LogP contribution in [0.4, 0.5) is 0 Å². The normalized spacial score (nSPS) is 25.8. The van der Waals surface area contributed by atoms with E-state index in [-0.39, 0.29) is 0 Å². The molecule has 0 radical (unpaired) electrons. The van der Waals surface area contributed by atoms with Crippen LogP contribution in [0.2, 0.25) is 0 Å². The first-order valence-electron chi connectivity index (χ1n) is 8.36. The van der Waals surface area contributed by atoms with Crippen molar-refractivity contribution in [2.75, 3.05) is 13.6 Å². The topological polar surface area (TPSA) is 15.3 Å². The summed E-state index contributed by atoms with van der Waals surface area (Å²) in [4.78, 5) is 2.82. The van der Waals surface area contributed by atoms with Crippen molar-refractivity contribution in [2.45, 2.75) is 63.6 Å². The fourth-order valence-electron chi connectivity index (χ4n) is 3.81. The number of unbranched alkanes of at least 4 members (excludes halogenated alkanes) is 1. The molecule has 2 heteroatoms. The summed E-state index contributed by atoms with van der Waals surface area (Å²) in [5.74, 6) is 0. The summed E-state index contributed by atoms with van der Waals surface area (Å²) in [7, 11) is 2.13. The minimum atomic E-state index is 0.511. The third-order valence-electron chi connectivity index (χ3n) is 5.01. The smallest absolute Gasteiger partial charge is 0.0478 e. The summed E-state index contributed by atoms with van der Waals surface area (Å²) in [5, 5.41) is 3.61. The third kappa shape index (κ3) is 2.77. The molecule has 0 bridgehead atoms. The molecule has 0 aliphatic heterocycles. The van der Waals surface area contributed by atoms with Crippen molar-refractivity contribution in [1.29, 1.82) is 0 Å². The highest BCUT2D eigenvalue weighted by Gasteiger charge is 2.39. The van der Waals surface area contributed by atoms with E-state index in [2.05, 4.69) is 48.5 Å². The zero-order chi connectivity index (χ0) is 13.9. The summed E-state index contributed by atoms with van der Waals surface area (Å²) in [5.41, 5.74) is 3.09. The highest BCUT2D eigenvalue weighted by molar-refractivity contribution is 5.34. The van der Waals surface area contributed by atoms with E-state index in [1.165, 1.54) is 50.6 Å². The summed E-state index contributed by atoms with van der Waals surface area (Å²) >= 11 is 0. The summed E-state index contributed by atoms with van der Waals surface area (Å²) in [6.45, 7) is 3.59. The van der Waals surface area contributed by atoms with Crippen LogP contribution in [0.3, 0.4) is 0 Å². The Kier molecular flexibility index (Phi) is 4.42. The second kappa shape index (κ2) is 6.28. The predicted molar refractivity (Wildman–Crippen MR) is 85.0 cm³/mol. The van der Waals surface area contributed by atoms with Gasteiger partial charge in [-0.05, 0) is 56.8 Å². The Labute approximate surface area is 123 Å². The van der Waals surface area contributed by atoms with Crippen LogP contribution in [0.25, 0.3) is 0 Å². The lowest BCUT2D eigenvalue weighted by atomic mass is 9.83. The molecule has 20 heavy (non-hydrogen) atoms. The molecule has 1 saturated carbocycles. The Hall–Kier alpha value is -0.860. The van der Waals surface area contributed by atoms with Crippen LogP contribution in [-0.2, 0) is 6.42 Å². The van der Waals surface area contributed by atoms with Crippen LogP contribution in [0, 0.1) is 0 Å². The van der Waals surface area contributed by atoms with Crippen molar-refractivity contribution in [3.8, 4) is 0 Å². The van der Waals surface area contributed by atoms with Gasteiger partial charge in [0.15, 0.2) is 0 Å². The lowest BCUT2D eigenvalue weighted by molar-refractivity contribution is 0.132. The Morgan fingerprint density at radius 1 is 1.20 bits per heavy atom. The second-order valence-electron chi connectivity index (χ2n) is 6.39. The standard InChI is InChI=1S/C18H28N2/c1-3-4-13-20(15-10-11-15)17-12-9-14-7-5-6-8-16(14)18(17)19-2/h5-8,15,17-19H,3-4,9-13H2,1-2H3. The molecule has 2 atom stereocenters. The van der Waals surface area contributed by atoms with E-state index in [0.717, 1.165) is 6.04 Å². The van der Waals surface area contributed by atoms with Gasteiger partial charge in [0, 0.05) is 18.1 Å². The number of benzene rings is 1. The van der Waals surface area contributed by atoms with E-state index in [4.69, 9.17) is 0 Å². The largest absolute Gasteiger partial charge is 0.312 e. The summed E-state index contributed by atoms with van der Waals surface area (Å²) in [6.07, 6.45) is 8.02. The Balaban J connectivity index is 1.81. The van der Waals surface area contributed by atoms with E-state index in [0.29, 0.717) is 12.1 Å². The SMILES string of the molecule is CCCCN(C1CC1)C1CCc2ccccc2C1NC. The fourth-order valence-corrected chi connectivity index (χ4v) is 3.81. The maximum absolute atomic E-state index is 3.61. The van der Waals surface area contributed by atoms with Crippen molar-refractivity contribution in [2.24, 2.45) is 0 Å². The molecule has 3 rings (SSSR count). The van der Waals surface area contributed by atoms with Crippen LogP contribution in [-0.4, -0.2) is 30.6 Å². The number of nitrogens with one attached hydrogen (secondary N) is 1. The highest BCUT2D eigenvalue weighted by Crippen LogP contribution is 2.38. The van der Waals surface area contributed by atoms with Gasteiger partial charge in [-0.2, -0.15) is 0 Å². The van der Waals surface area contributed by atoms with Crippen molar-refractivity contribution >= 4 is 0 Å². The molecule has 2 nitrogen and oxygen atoms in total. The number of nitrogens with zero attached hydrogens (tertiary/aromatic N) is 1. The van der Waals surface area contributed by atoms with E-state index in [1.807, 2.05) is 0 Å². The number of rotatable bonds is 6. The molecule has 2 aliphatic carbocycles. The van der Waals surface area contributed by atoms with Gasteiger partial charge in [-0.1, -0.05) is 37.6 Å². The van der Waals surface area contributed by atoms with Crippen molar-refractivity contribution in [3.05, 3.63) is 35.4 Å². The van der Waals surface area contributed by atoms with Gasteiger partial charge in [-0.25, -0.2) is 0 Å². The highest BCUT2D eigenvalue weighted by atomic mass is 15.2. The Morgan fingerprint density at radius 3 is 2.70 bits per heavy atom. The Morgan fingerprint density at radius 2 is 2.00 bits per heavy atom. The first kappa shape index (κ1) is 14.1. The van der Waals surface area contributed by atoms with Gasteiger partial charge in [0.25, 0.3) is 0 Å². The first-order chi connectivity index (χ1) is 9.85. The molecule has 0 saturated heterocycles. The van der Waals surface area contributed by atoms with E-state index < -0.39 is 0 Å². The van der Waals surface area contributed by atoms with E-state index >= 15 is 0 Å². The number of aryl methyl sites for hydroxylation is 1. The molecule has 1 fully saturated rings. The number of likely N-dealkylation sites (N-methyl/N-ethyl adjacent to an activating group) is 1. The van der Waals surface area contributed by atoms with Gasteiger partial charge in [-0.3, -0.25) is 4.90 Å². The zero-order valence-corrected chi connectivity index (χ0v) is 12.9. The number of hydrogen-bond donors (Lipinski definition) is 1. The molecule has 0 heterocycles. The quantitative estimate of drug-likeness (QED) is 0.852. The van der Waals surface area contributed by atoms with Gasteiger partial charge in [0.1, 0.15) is 0 Å². The van der Waals surface area contributed by atoms with Gasteiger partial charge in [0.2, 0.25) is 0 Å². The van der Waals surface area contributed by atoms with E-state index in [1.54, 1.807) is 5.56 Å². The second-order valence-corrected chi connectivity index (χ2v) is 6.39. The van der Waals surface area contributed by atoms with Crippen LogP contribution in [0.15, 0.2) is 24.3 Å². The fraction of sp³-hybridized carbons (Fsp3) is 0.667. The minimum absolute atomic E-state index is 0.511. The predicted octanol–water partition coefficient (Wildman–Crippen LogP) is 3.53. The molecule has 110 valence electrons. The average molecular weight is 272 g/mol. The van der Waals surface area contributed by atoms with Crippen LogP contribution in [0.5, 0.6) is 0 Å². The first-order valence-corrected chi connectivity index (χ1v) is 8.36. The molecule has 0 spiro atoms. The lowest BCUT2D eigenvalue weighted by Crippen LogP contribution is -2.47. The molecule has 1 N–H and O–H groups in total. The van der Waals surface area contributed by atoms with Crippen molar-refractivity contribution in [1.82, 2.24) is 10.2 Å². The lowest BCUT2D eigenvalue weighted by Gasteiger charge is -2.41. The van der Waals surface area contributed by atoms with Gasteiger partial charge >= 0.3 is 0 Å². The molecule has 0 aromatic heterocycles. The number of fused-ring (bicyclic) bond motifs is 1. The molecule has 1 aromatic carbocycles. The third-order valence-corrected chi connectivity index (χ3v) is 5.01. The van der Waals surface area contributed by atoms with Crippen molar-refractivity contribution < 1.29 is 0 Å². The molecule has 1 aromatic rings. The van der Waals surface area contributed by atoms with Crippen LogP contribution >= 0.6 is 0 Å². The molecular formula is C18H28N2. The zero-order valence-electron chi connectivity index (χ0n) is 12.9. The van der Waals surface area contributed by atoms with Crippen LogP contribution in [0.1, 0.15) is 56.2 Å². The Bertz CT molecular complexity index is 439. The van der Waals surface area contributed by atoms with Gasteiger partial charge in [-0.15, -0.1) is 0 Å². The summed E-state index contributed by atoms with van der Waals surface area (Å²) < 4.78 is 0. The maximum Gasteiger partial charge on any atom is 0.0478 e. The summed E-state index contributed by atoms with van der Waals surface area (Å²) in [6, 6.07) is 11.1. The van der Waals surface area contributed by atoms with Gasteiger partial charge in [0.05, 0.1) is 0 Å². The molecular weight excluding hydrogens is 244 g/mol. The molecule has 2 unspecified atom stereocenters. The monoisotopic (exact) mass is 272 g/mol. The van der Waals surface area contributed by atoms with Crippen LogP contribution < -0.4 is 5.32 Å². The van der Waals surface area contributed by atoms with Crippen molar-refractivity contribution in [3.63, 3.8) is 0 Å². The molecule has 2 aliphatic rings.